The lowest BCUT2D eigenvalue weighted by Crippen LogP contribution is -2.38. The van der Waals surface area contributed by atoms with Crippen molar-refractivity contribution in [3.05, 3.63) is 132 Å². The van der Waals surface area contributed by atoms with Gasteiger partial charge in [0.05, 0.1) is 0 Å². The summed E-state index contributed by atoms with van der Waals surface area (Å²) in [5.74, 6) is -1.01. The second-order valence-corrected chi connectivity index (χ2v) is 14.6. The number of halogens is 3. The van der Waals surface area contributed by atoms with E-state index in [2.05, 4.69) is 34.6 Å². The number of hydrogen-bond acceptors (Lipinski definition) is 5. The summed E-state index contributed by atoms with van der Waals surface area (Å²) in [6, 6.07) is 30.3. The molecule has 0 spiro atoms. The molecular weight excluding hydrogens is 718 g/mol. The average Bonchev–Trinajstić information content (AvgIpc) is 3.22. The Balaban J connectivity index is 0.000000784. The van der Waals surface area contributed by atoms with E-state index in [4.69, 9.17) is 9.90 Å². The van der Waals surface area contributed by atoms with Gasteiger partial charge in [0, 0.05) is 50.2 Å². The van der Waals surface area contributed by atoms with Crippen molar-refractivity contribution < 1.29 is 32.7 Å². The van der Waals surface area contributed by atoms with Gasteiger partial charge < -0.3 is 20.2 Å². The van der Waals surface area contributed by atoms with Crippen LogP contribution in [0.1, 0.15) is 72.0 Å². The van der Waals surface area contributed by atoms with Crippen LogP contribution >= 0.6 is 0 Å². The molecule has 2 N–H and O–H groups in total. The van der Waals surface area contributed by atoms with Gasteiger partial charge in [-0.3, -0.25) is 14.6 Å². The topological polar surface area (TPSA) is 103 Å². The normalized spacial score (nSPS) is 15.2. The number of carbonyl (C=O) groups excluding carboxylic acids is 2. The second kappa shape index (κ2) is 21.1. The summed E-state index contributed by atoms with van der Waals surface area (Å²) in [5, 5.41) is 10.6. The highest BCUT2D eigenvalue weighted by Gasteiger charge is 2.38. The monoisotopic (exact) mass is 768 g/mol. The molecule has 2 aliphatic rings. The first-order valence-electron chi connectivity index (χ1n) is 19.5. The molecule has 3 heterocycles. The van der Waals surface area contributed by atoms with Crippen molar-refractivity contribution in [3.63, 3.8) is 0 Å². The number of likely N-dealkylation sites (tertiary alicyclic amines) is 1. The number of carboxylic acid groups (broad SMARTS) is 1. The van der Waals surface area contributed by atoms with Crippen molar-refractivity contribution in [2.24, 2.45) is 11.8 Å². The molecule has 1 aromatic heterocycles. The van der Waals surface area contributed by atoms with E-state index < -0.39 is 12.1 Å². The van der Waals surface area contributed by atoms with Gasteiger partial charge in [-0.25, -0.2) is 4.79 Å². The van der Waals surface area contributed by atoms with Crippen molar-refractivity contribution in [1.82, 2.24) is 20.1 Å². The van der Waals surface area contributed by atoms with Gasteiger partial charge >= 0.3 is 12.1 Å². The lowest BCUT2D eigenvalue weighted by molar-refractivity contribution is -0.192. The number of pyridine rings is 1. The maximum atomic E-state index is 13.6. The Bertz CT molecular complexity index is 1870. The fraction of sp³-hybridized carbons (Fsp3) is 0.378. The third-order valence-corrected chi connectivity index (χ3v) is 10.5. The molecule has 6 rings (SSSR count). The quantitative estimate of drug-likeness (QED) is 0.132. The van der Waals surface area contributed by atoms with Crippen LogP contribution in [0.15, 0.2) is 109 Å². The standard InChI is InChI=1S/C43H50N4O2.C2HF3O2/c48-42(16-15-34-7-2-1-3-8-34)47(30-23-37-19-26-45-27-20-37)33-38-11-5-12-39(31-38)40-13-6-14-41(32-40)43(49)46-28-21-36(22-29-46)10-4-9-35-17-24-44-25-18-35;3-2(4,5)1(6)7/h1-3,5-8,11-16,19-20,26-27,31-32,35-36,44H,4,9-10,17-18,21-25,28-30,33H2;(H,6,7)/b16-15+;. The molecule has 0 radical (unpaired) electrons. The summed E-state index contributed by atoms with van der Waals surface area (Å²) in [5.41, 5.74) is 5.99. The van der Waals surface area contributed by atoms with Gasteiger partial charge in [0.2, 0.25) is 5.91 Å². The number of piperidine rings is 2. The number of carbonyl (C=O) groups is 3. The molecular formula is C45H51F3N4O4. The summed E-state index contributed by atoms with van der Waals surface area (Å²) in [6.45, 7) is 5.13. The Morgan fingerprint density at radius 3 is 2.09 bits per heavy atom. The summed E-state index contributed by atoms with van der Waals surface area (Å²) < 4.78 is 31.7. The van der Waals surface area contributed by atoms with Crippen LogP contribution in [0.5, 0.6) is 0 Å². The molecule has 0 aliphatic carbocycles. The van der Waals surface area contributed by atoms with Gasteiger partial charge in [-0.2, -0.15) is 13.2 Å². The zero-order chi connectivity index (χ0) is 39.8. The van der Waals surface area contributed by atoms with E-state index in [1.807, 2.05) is 82.6 Å². The summed E-state index contributed by atoms with van der Waals surface area (Å²) in [6.07, 6.45) is 11.6. The Kier molecular flexibility index (Phi) is 15.8. The summed E-state index contributed by atoms with van der Waals surface area (Å²) in [4.78, 5) is 44.1. The van der Waals surface area contributed by atoms with Crippen molar-refractivity contribution in [2.75, 3.05) is 32.7 Å². The zero-order valence-corrected chi connectivity index (χ0v) is 31.7. The molecule has 56 heavy (non-hydrogen) atoms. The fourth-order valence-corrected chi connectivity index (χ4v) is 7.29. The summed E-state index contributed by atoms with van der Waals surface area (Å²) >= 11 is 0. The highest BCUT2D eigenvalue weighted by molar-refractivity contribution is 5.95. The third kappa shape index (κ3) is 13.5. The van der Waals surface area contributed by atoms with Gasteiger partial charge in [-0.1, -0.05) is 79.9 Å². The highest BCUT2D eigenvalue weighted by atomic mass is 19.4. The largest absolute Gasteiger partial charge is 0.490 e. The minimum absolute atomic E-state index is 0.0264. The minimum atomic E-state index is -5.08. The first kappa shape index (κ1) is 41.9. The maximum Gasteiger partial charge on any atom is 0.490 e. The summed E-state index contributed by atoms with van der Waals surface area (Å²) in [7, 11) is 0. The number of hydrogen-bond donors (Lipinski definition) is 2. The van der Waals surface area contributed by atoms with Crippen molar-refractivity contribution >= 4 is 23.9 Å². The number of carboxylic acids is 1. The molecule has 4 aromatic rings. The molecule has 2 saturated heterocycles. The molecule has 0 saturated carbocycles. The molecule has 2 fully saturated rings. The molecule has 2 aliphatic heterocycles. The van der Waals surface area contributed by atoms with E-state index in [-0.39, 0.29) is 11.8 Å². The zero-order valence-electron chi connectivity index (χ0n) is 31.7. The van der Waals surface area contributed by atoms with Crippen LogP contribution in [0, 0.1) is 11.8 Å². The first-order valence-corrected chi connectivity index (χ1v) is 19.5. The van der Waals surface area contributed by atoms with Crippen LogP contribution in [-0.2, 0) is 22.6 Å². The van der Waals surface area contributed by atoms with Crippen LogP contribution in [0.2, 0.25) is 0 Å². The van der Waals surface area contributed by atoms with E-state index in [0.717, 1.165) is 77.6 Å². The Labute approximate surface area is 327 Å². The number of nitrogens with zero attached hydrogens (tertiary/aromatic N) is 3. The molecule has 0 bridgehead atoms. The van der Waals surface area contributed by atoms with Crippen molar-refractivity contribution in [2.45, 2.75) is 64.1 Å². The number of benzene rings is 3. The predicted molar refractivity (Wildman–Crippen MR) is 212 cm³/mol. The van der Waals surface area contributed by atoms with E-state index in [0.29, 0.717) is 13.1 Å². The van der Waals surface area contributed by atoms with Gasteiger partial charge in [0.15, 0.2) is 0 Å². The minimum Gasteiger partial charge on any atom is -0.475 e. The molecule has 11 heteroatoms. The number of alkyl halides is 3. The van der Waals surface area contributed by atoms with Gasteiger partial charge in [-0.05, 0) is 121 Å². The number of amides is 2. The number of aliphatic carboxylic acids is 1. The Morgan fingerprint density at radius 2 is 1.43 bits per heavy atom. The van der Waals surface area contributed by atoms with Crippen molar-refractivity contribution in [3.8, 4) is 11.1 Å². The number of nitrogens with one attached hydrogen (secondary N) is 1. The van der Waals surface area contributed by atoms with Crippen LogP contribution in [0.3, 0.4) is 0 Å². The number of aromatic nitrogens is 1. The molecule has 0 unspecified atom stereocenters. The molecule has 8 nitrogen and oxygen atoms in total. The smallest absolute Gasteiger partial charge is 0.475 e. The molecule has 3 aromatic carbocycles. The highest BCUT2D eigenvalue weighted by Crippen LogP contribution is 2.28. The fourth-order valence-electron chi connectivity index (χ4n) is 7.29. The molecule has 2 amide bonds. The molecule has 296 valence electrons. The van der Waals surface area contributed by atoms with E-state index in [1.165, 1.54) is 45.2 Å². The molecule has 0 atom stereocenters. The van der Waals surface area contributed by atoms with E-state index in [9.17, 15) is 22.8 Å². The lowest BCUT2D eigenvalue weighted by atomic mass is 9.87. The SMILES string of the molecule is O=C(/C=C/c1ccccc1)N(CCc1ccncc1)Cc1cccc(-c2cccc(C(=O)N3CCC(CCCC4CCNCC4)CC3)c2)c1.O=C(O)C(F)(F)F. The third-order valence-electron chi connectivity index (χ3n) is 10.5. The van der Waals surface area contributed by atoms with E-state index in [1.54, 1.807) is 18.5 Å². The Hall–Kier alpha value is -5.29. The van der Waals surface area contributed by atoms with Crippen molar-refractivity contribution in [1.29, 1.82) is 0 Å². The van der Waals surface area contributed by atoms with Crippen LogP contribution in [0.25, 0.3) is 17.2 Å². The van der Waals surface area contributed by atoms with Crippen LogP contribution in [-0.4, -0.2) is 76.6 Å². The second-order valence-electron chi connectivity index (χ2n) is 14.6. The average molecular weight is 769 g/mol. The van der Waals surface area contributed by atoms with Gasteiger partial charge in [0.25, 0.3) is 5.91 Å². The van der Waals surface area contributed by atoms with Crippen LogP contribution in [0.4, 0.5) is 13.2 Å². The Morgan fingerprint density at radius 1 is 0.804 bits per heavy atom. The van der Waals surface area contributed by atoms with Gasteiger partial charge in [0.1, 0.15) is 0 Å². The van der Waals surface area contributed by atoms with E-state index >= 15 is 0 Å². The van der Waals surface area contributed by atoms with Crippen LogP contribution < -0.4 is 5.32 Å². The number of rotatable bonds is 13. The maximum absolute atomic E-state index is 13.6. The van der Waals surface area contributed by atoms with Gasteiger partial charge in [-0.15, -0.1) is 0 Å². The lowest BCUT2D eigenvalue weighted by Gasteiger charge is -2.32. The predicted octanol–water partition coefficient (Wildman–Crippen LogP) is 8.69. The first-order chi connectivity index (χ1) is 27.0.